The molecule has 1 aliphatic carbocycles. The van der Waals surface area contributed by atoms with Gasteiger partial charge < -0.3 is 15.4 Å². The first-order valence-electron chi connectivity index (χ1n) is 9.57. The van der Waals surface area contributed by atoms with Gasteiger partial charge in [0, 0.05) is 12.1 Å². The molecular weight excluding hydrogens is 393 g/mol. The first-order chi connectivity index (χ1) is 13.6. The summed E-state index contributed by atoms with van der Waals surface area (Å²) in [6, 6.07) is 6.34. The van der Waals surface area contributed by atoms with Crippen molar-refractivity contribution in [3.05, 3.63) is 41.2 Å². The van der Waals surface area contributed by atoms with Crippen molar-refractivity contribution in [2.75, 3.05) is 6.54 Å². The van der Waals surface area contributed by atoms with Gasteiger partial charge in [-0.15, -0.1) is 11.3 Å². The van der Waals surface area contributed by atoms with Crippen LogP contribution in [0.2, 0.25) is 0 Å². The van der Waals surface area contributed by atoms with Crippen molar-refractivity contribution in [2.24, 2.45) is 5.92 Å². The van der Waals surface area contributed by atoms with Crippen molar-refractivity contribution >= 4 is 23.3 Å². The maximum absolute atomic E-state index is 14.0. The molecule has 0 bridgehead atoms. The third kappa shape index (κ3) is 5.53. The first kappa shape index (κ1) is 21.2. The lowest BCUT2D eigenvalue weighted by molar-refractivity contribution is 0.0502. The van der Waals surface area contributed by atoms with Gasteiger partial charge in [-0.2, -0.15) is 0 Å². The van der Waals surface area contributed by atoms with Gasteiger partial charge in [0.25, 0.3) is 5.91 Å². The van der Waals surface area contributed by atoms with Gasteiger partial charge in [0.05, 0.1) is 11.7 Å². The molecule has 2 aromatic rings. The number of nitrogens with one attached hydrogen (secondary N) is 2. The van der Waals surface area contributed by atoms with Crippen molar-refractivity contribution in [1.29, 1.82) is 0 Å². The predicted molar refractivity (Wildman–Crippen MR) is 110 cm³/mol. The Morgan fingerprint density at radius 2 is 1.93 bits per heavy atom. The average molecular weight is 420 g/mol. The Kier molecular flexibility index (Phi) is 5.93. The monoisotopic (exact) mass is 419 g/mol. The van der Waals surface area contributed by atoms with E-state index in [9.17, 15) is 14.0 Å². The van der Waals surface area contributed by atoms with Crippen LogP contribution in [0.15, 0.2) is 30.5 Å². The summed E-state index contributed by atoms with van der Waals surface area (Å²) < 4.78 is 19.3. The molecule has 1 saturated carbocycles. The van der Waals surface area contributed by atoms with E-state index in [4.69, 9.17) is 4.74 Å². The fourth-order valence-electron chi connectivity index (χ4n) is 3.04. The van der Waals surface area contributed by atoms with Gasteiger partial charge in [0.2, 0.25) is 0 Å². The van der Waals surface area contributed by atoms with Crippen LogP contribution in [0.5, 0.6) is 0 Å². The van der Waals surface area contributed by atoms with Gasteiger partial charge in [-0.05, 0) is 58.6 Å². The number of amides is 2. The van der Waals surface area contributed by atoms with E-state index in [1.807, 2.05) is 6.92 Å². The van der Waals surface area contributed by atoms with E-state index >= 15 is 0 Å². The SMILES string of the molecule is CC(C)(C)OC(=O)NCC(C)(NC(=O)c1cnc(-c2ccccc2F)s1)C1CC1. The van der Waals surface area contributed by atoms with Crippen LogP contribution in [0, 0.1) is 11.7 Å². The maximum Gasteiger partial charge on any atom is 0.407 e. The van der Waals surface area contributed by atoms with Gasteiger partial charge in [0.1, 0.15) is 21.3 Å². The lowest BCUT2D eigenvalue weighted by Gasteiger charge is -2.31. The van der Waals surface area contributed by atoms with Gasteiger partial charge in [-0.25, -0.2) is 14.2 Å². The zero-order valence-electron chi connectivity index (χ0n) is 17.0. The number of carbonyl (C=O) groups excluding carboxylic acids is 2. The van der Waals surface area contributed by atoms with Crippen LogP contribution in [0.25, 0.3) is 10.6 Å². The fraction of sp³-hybridized carbons (Fsp3) is 0.476. The van der Waals surface area contributed by atoms with Crippen molar-refractivity contribution < 1.29 is 18.7 Å². The molecule has 6 nitrogen and oxygen atoms in total. The molecule has 2 amide bonds. The second-order valence-electron chi connectivity index (χ2n) is 8.51. The van der Waals surface area contributed by atoms with Crippen LogP contribution >= 0.6 is 11.3 Å². The van der Waals surface area contributed by atoms with Gasteiger partial charge >= 0.3 is 6.09 Å². The topological polar surface area (TPSA) is 80.3 Å². The Morgan fingerprint density at radius 1 is 1.24 bits per heavy atom. The van der Waals surface area contributed by atoms with E-state index in [1.165, 1.54) is 12.3 Å². The Hall–Kier alpha value is -2.48. The second-order valence-corrected chi connectivity index (χ2v) is 9.54. The molecule has 156 valence electrons. The van der Waals surface area contributed by atoms with E-state index in [0.29, 0.717) is 15.4 Å². The Labute approximate surface area is 173 Å². The van der Waals surface area contributed by atoms with Crippen molar-refractivity contribution in [3.8, 4) is 10.6 Å². The van der Waals surface area contributed by atoms with Crippen LogP contribution in [0.4, 0.5) is 9.18 Å². The fourth-order valence-corrected chi connectivity index (χ4v) is 3.88. The number of rotatable bonds is 6. The van der Waals surface area contributed by atoms with Gasteiger partial charge in [-0.3, -0.25) is 4.79 Å². The summed E-state index contributed by atoms with van der Waals surface area (Å²) in [7, 11) is 0. The summed E-state index contributed by atoms with van der Waals surface area (Å²) in [6.45, 7) is 7.57. The number of hydrogen-bond acceptors (Lipinski definition) is 5. The Morgan fingerprint density at radius 3 is 2.55 bits per heavy atom. The summed E-state index contributed by atoms with van der Waals surface area (Å²) in [5, 5.41) is 6.25. The second kappa shape index (κ2) is 8.10. The van der Waals surface area contributed by atoms with Crippen LogP contribution in [-0.2, 0) is 4.74 Å². The molecule has 1 unspecified atom stereocenters. The molecule has 0 spiro atoms. The quantitative estimate of drug-likeness (QED) is 0.729. The molecule has 1 aromatic carbocycles. The molecule has 1 aromatic heterocycles. The zero-order valence-corrected chi connectivity index (χ0v) is 17.9. The third-order valence-electron chi connectivity index (χ3n) is 4.71. The minimum absolute atomic E-state index is 0.261. The standard InChI is InChI=1S/C21H26FN3O3S/c1-20(2,3)28-19(27)24-12-21(4,13-9-10-13)25-17(26)16-11-23-18(29-16)14-7-5-6-8-15(14)22/h5-8,11,13H,9-10,12H2,1-4H3,(H,24,27)(H,25,26). The van der Waals surface area contributed by atoms with E-state index in [2.05, 4.69) is 15.6 Å². The highest BCUT2D eigenvalue weighted by atomic mass is 32.1. The molecule has 1 fully saturated rings. The molecule has 8 heteroatoms. The highest BCUT2D eigenvalue weighted by molar-refractivity contribution is 7.16. The number of ether oxygens (including phenoxy) is 1. The van der Waals surface area contributed by atoms with Crippen molar-refractivity contribution in [3.63, 3.8) is 0 Å². The lowest BCUT2D eigenvalue weighted by Crippen LogP contribution is -2.55. The van der Waals surface area contributed by atoms with Crippen LogP contribution < -0.4 is 10.6 Å². The Balaban J connectivity index is 1.67. The molecule has 0 radical (unpaired) electrons. The third-order valence-corrected chi connectivity index (χ3v) is 5.74. The number of alkyl carbamates (subject to hydrolysis) is 1. The predicted octanol–water partition coefficient (Wildman–Crippen LogP) is 4.37. The summed E-state index contributed by atoms with van der Waals surface area (Å²) in [5.41, 5.74) is -0.821. The molecule has 0 aliphatic heterocycles. The molecule has 0 saturated heterocycles. The maximum atomic E-state index is 14.0. The molecular formula is C21H26FN3O3S. The minimum Gasteiger partial charge on any atom is -0.444 e. The normalized spacial score (nSPS) is 16.0. The largest absolute Gasteiger partial charge is 0.444 e. The van der Waals surface area contributed by atoms with Crippen LogP contribution in [0.3, 0.4) is 0 Å². The number of aromatic nitrogens is 1. The number of carbonyl (C=O) groups is 2. The van der Waals surface area contributed by atoms with Gasteiger partial charge in [0.15, 0.2) is 0 Å². The lowest BCUT2D eigenvalue weighted by atomic mass is 9.95. The van der Waals surface area contributed by atoms with Gasteiger partial charge in [-0.1, -0.05) is 12.1 Å². The molecule has 1 heterocycles. The highest BCUT2D eigenvalue weighted by Gasteiger charge is 2.43. The smallest absolute Gasteiger partial charge is 0.407 e. The number of benzene rings is 1. The highest BCUT2D eigenvalue weighted by Crippen LogP contribution is 2.39. The molecule has 1 atom stereocenters. The summed E-state index contributed by atoms with van der Waals surface area (Å²) >= 11 is 1.14. The molecule has 3 rings (SSSR count). The number of thiazole rings is 1. The van der Waals surface area contributed by atoms with Crippen molar-refractivity contribution in [1.82, 2.24) is 15.6 Å². The zero-order chi connectivity index (χ0) is 21.2. The van der Waals surface area contributed by atoms with Crippen molar-refractivity contribution in [2.45, 2.75) is 51.7 Å². The first-order valence-corrected chi connectivity index (χ1v) is 10.4. The molecule has 1 aliphatic rings. The number of nitrogens with zero attached hydrogens (tertiary/aromatic N) is 1. The van der Waals surface area contributed by atoms with E-state index in [-0.39, 0.29) is 24.2 Å². The summed E-state index contributed by atoms with van der Waals surface area (Å²) in [6.07, 6.45) is 2.90. The summed E-state index contributed by atoms with van der Waals surface area (Å²) in [5.74, 6) is -0.385. The molecule has 2 N–H and O–H groups in total. The van der Waals surface area contributed by atoms with Crippen LogP contribution in [0.1, 0.15) is 50.2 Å². The minimum atomic E-state index is -0.601. The van der Waals surface area contributed by atoms with E-state index in [1.54, 1.807) is 39.0 Å². The number of hydrogen-bond donors (Lipinski definition) is 2. The Bertz CT molecular complexity index is 905. The van der Waals surface area contributed by atoms with E-state index in [0.717, 1.165) is 24.2 Å². The molecule has 29 heavy (non-hydrogen) atoms. The summed E-state index contributed by atoms with van der Waals surface area (Å²) in [4.78, 5) is 29.4. The van der Waals surface area contributed by atoms with Crippen LogP contribution in [-0.4, -0.2) is 34.7 Å². The average Bonchev–Trinajstić information content (AvgIpc) is 3.37. The van der Waals surface area contributed by atoms with E-state index < -0.39 is 17.2 Å². The number of halogens is 1.